The minimum absolute atomic E-state index is 0.0451. The van der Waals surface area contributed by atoms with Gasteiger partial charge >= 0.3 is 0 Å². The quantitative estimate of drug-likeness (QED) is 0.630. The van der Waals surface area contributed by atoms with Gasteiger partial charge in [0.2, 0.25) is 0 Å². The second kappa shape index (κ2) is 8.19. The average Bonchev–Trinajstić information content (AvgIpc) is 2.87. The summed E-state index contributed by atoms with van der Waals surface area (Å²) in [6.45, 7) is 6.37. The van der Waals surface area contributed by atoms with Crippen molar-refractivity contribution in [2.24, 2.45) is 5.92 Å². The summed E-state index contributed by atoms with van der Waals surface area (Å²) in [4.78, 5) is 0. The van der Waals surface area contributed by atoms with Crippen LogP contribution < -0.4 is 10.0 Å². The molecule has 0 aromatic rings. The van der Waals surface area contributed by atoms with Gasteiger partial charge in [0.15, 0.2) is 0 Å². The molecule has 1 saturated carbocycles. The molecule has 0 aromatic carbocycles. The predicted molar refractivity (Wildman–Crippen MR) is 79.3 cm³/mol. The highest BCUT2D eigenvalue weighted by atomic mass is 32.2. The Labute approximate surface area is 118 Å². The van der Waals surface area contributed by atoms with Gasteiger partial charge in [-0.2, -0.15) is 17.4 Å². The molecule has 0 spiro atoms. The maximum atomic E-state index is 12.2. The van der Waals surface area contributed by atoms with Gasteiger partial charge in [-0.25, -0.2) is 0 Å². The molecule has 0 amide bonds. The summed E-state index contributed by atoms with van der Waals surface area (Å²) in [5.41, 5.74) is 0. The van der Waals surface area contributed by atoms with Gasteiger partial charge < -0.3 is 5.32 Å². The molecular formula is C13H29N3O2S. The molecule has 1 unspecified atom stereocenters. The fourth-order valence-electron chi connectivity index (χ4n) is 2.60. The van der Waals surface area contributed by atoms with Gasteiger partial charge in [-0.3, -0.25) is 0 Å². The molecule has 1 aliphatic rings. The monoisotopic (exact) mass is 291 g/mol. The largest absolute Gasteiger partial charge is 0.317 e. The second-order valence-electron chi connectivity index (χ2n) is 5.48. The summed E-state index contributed by atoms with van der Waals surface area (Å²) in [7, 11) is -1.68. The first-order valence-corrected chi connectivity index (χ1v) is 8.85. The van der Waals surface area contributed by atoms with E-state index in [1.807, 2.05) is 13.8 Å². The molecule has 6 heteroatoms. The smallest absolute Gasteiger partial charge is 0.279 e. The standard InChI is InChI=1S/C13H29N3O2S/c1-4-14-10-7-11-16(3)19(17,18)15-12(2)13-8-5-6-9-13/h12-15H,4-11H2,1-3H3. The highest BCUT2D eigenvalue weighted by Crippen LogP contribution is 2.27. The molecule has 0 bridgehead atoms. The van der Waals surface area contributed by atoms with Crippen LogP contribution in [-0.4, -0.2) is 45.4 Å². The van der Waals surface area contributed by atoms with E-state index < -0.39 is 10.2 Å². The van der Waals surface area contributed by atoms with Crippen molar-refractivity contribution in [1.82, 2.24) is 14.3 Å². The molecule has 0 aromatic heterocycles. The molecule has 114 valence electrons. The minimum atomic E-state index is -3.33. The number of rotatable bonds is 9. The molecular weight excluding hydrogens is 262 g/mol. The van der Waals surface area contributed by atoms with Crippen molar-refractivity contribution in [3.63, 3.8) is 0 Å². The van der Waals surface area contributed by atoms with E-state index in [9.17, 15) is 8.42 Å². The van der Waals surface area contributed by atoms with E-state index in [2.05, 4.69) is 10.0 Å². The van der Waals surface area contributed by atoms with Crippen LogP contribution in [0, 0.1) is 5.92 Å². The molecule has 1 aliphatic carbocycles. The summed E-state index contributed by atoms with van der Waals surface area (Å²) >= 11 is 0. The van der Waals surface area contributed by atoms with Crippen LogP contribution in [0.25, 0.3) is 0 Å². The third kappa shape index (κ3) is 5.77. The Kier molecular flexibility index (Phi) is 7.28. The molecule has 0 radical (unpaired) electrons. The minimum Gasteiger partial charge on any atom is -0.317 e. The first-order chi connectivity index (χ1) is 8.97. The number of nitrogens with one attached hydrogen (secondary N) is 2. The highest BCUT2D eigenvalue weighted by molar-refractivity contribution is 7.87. The van der Waals surface area contributed by atoms with Crippen LogP contribution in [0.1, 0.15) is 46.0 Å². The highest BCUT2D eigenvalue weighted by Gasteiger charge is 2.27. The molecule has 19 heavy (non-hydrogen) atoms. The van der Waals surface area contributed by atoms with Crippen molar-refractivity contribution in [3.8, 4) is 0 Å². The van der Waals surface area contributed by atoms with Gasteiger partial charge in [-0.1, -0.05) is 19.8 Å². The lowest BCUT2D eigenvalue weighted by atomic mass is 10.0. The zero-order chi connectivity index (χ0) is 14.3. The third-order valence-corrected chi connectivity index (χ3v) is 5.60. The van der Waals surface area contributed by atoms with Gasteiger partial charge in [0.05, 0.1) is 0 Å². The Bertz CT molecular complexity index is 340. The molecule has 1 fully saturated rings. The van der Waals surface area contributed by atoms with Crippen LogP contribution >= 0.6 is 0 Å². The molecule has 0 aliphatic heterocycles. The lowest BCUT2D eigenvalue weighted by molar-refractivity contribution is 0.395. The number of nitrogens with zero attached hydrogens (tertiary/aromatic N) is 1. The van der Waals surface area contributed by atoms with Crippen LogP contribution in [0.15, 0.2) is 0 Å². The molecule has 1 rings (SSSR count). The summed E-state index contributed by atoms with van der Waals surface area (Å²) in [5.74, 6) is 0.505. The van der Waals surface area contributed by atoms with E-state index in [-0.39, 0.29) is 6.04 Å². The van der Waals surface area contributed by atoms with Gasteiger partial charge in [-0.15, -0.1) is 0 Å². The van der Waals surface area contributed by atoms with Gasteiger partial charge in [0.1, 0.15) is 0 Å². The van der Waals surface area contributed by atoms with E-state index in [1.165, 1.54) is 17.1 Å². The fourth-order valence-corrected chi connectivity index (χ4v) is 3.81. The van der Waals surface area contributed by atoms with Crippen molar-refractivity contribution in [1.29, 1.82) is 0 Å². The maximum Gasteiger partial charge on any atom is 0.279 e. The Morgan fingerprint density at radius 1 is 1.32 bits per heavy atom. The zero-order valence-corrected chi connectivity index (χ0v) is 13.3. The summed E-state index contributed by atoms with van der Waals surface area (Å²) in [6, 6.07) is 0.0451. The van der Waals surface area contributed by atoms with E-state index in [0.717, 1.165) is 32.4 Å². The average molecular weight is 291 g/mol. The first-order valence-electron chi connectivity index (χ1n) is 7.41. The van der Waals surface area contributed by atoms with Gasteiger partial charge in [-0.05, 0) is 45.2 Å². The Hall–Kier alpha value is -0.170. The number of hydrogen-bond acceptors (Lipinski definition) is 3. The van der Waals surface area contributed by atoms with Crippen LogP contribution in [0.2, 0.25) is 0 Å². The van der Waals surface area contributed by atoms with Gasteiger partial charge in [0.25, 0.3) is 10.2 Å². The van der Waals surface area contributed by atoms with Crippen LogP contribution in [0.4, 0.5) is 0 Å². The second-order valence-corrected chi connectivity index (χ2v) is 7.29. The van der Waals surface area contributed by atoms with Crippen LogP contribution in [0.3, 0.4) is 0 Å². The van der Waals surface area contributed by atoms with Crippen molar-refractivity contribution < 1.29 is 8.42 Å². The summed E-state index contributed by atoms with van der Waals surface area (Å²) in [5, 5.41) is 3.20. The lowest BCUT2D eigenvalue weighted by Gasteiger charge is -2.24. The molecule has 0 heterocycles. The Morgan fingerprint density at radius 3 is 2.53 bits per heavy atom. The van der Waals surface area contributed by atoms with E-state index >= 15 is 0 Å². The Morgan fingerprint density at radius 2 is 1.95 bits per heavy atom. The van der Waals surface area contributed by atoms with E-state index in [1.54, 1.807) is 7.05 Å². The predicted octanol–water partition coefficient (Wildman–Crippen LogP) is 1.33. The molecule has 0 saturated heterocycles. The van der Waals surface area contributed by atoms with E-state index in [0.29, 0.717) is 12.5 Å². The SMILES string of the molecule is CCNCCCN(C)S(=O)(=O)NC(C)C1CCCC1. The lowest BCUT2D eigenvalue weighted by Crippen LogP contribution is -2.45. The van der Waals surface area contributed by atoms with Crippen molar-refractivity contribution in [2.45, 2.75) is 52.0 Å². The van der Waals surface area contributed by atoms with Gasteiger partial charge in [0, 0.05) is 19.6 Å². The summed E-state index contributed by atoms with van der Waals surface area (Å²) < 4.78 is 28.6. The molecule has 5 nitrogen and oxygen atoms in total. The van der Waals surface area contributed by atoms with Crippen molar-refractivity contribution in [3.05, 3.63) is 0 Å². The molecule has 1 atom stereocenters. The normalized spacial score (nSPS) is 19.2. The van der Waals surface area contributed by atoms with Crippen molar-refractivity contribution >= 4 is 10.2 Å². The fraction of sp³-hybridized carbons (Fsp3) is 1.00. The summed E-state index contributed by atoms with van der Waals surface area (Å²) in [6.07, 6.45) is 5.59. The zero-order valence-electron chi connectivity index (χ0n) is 12.5. The topological polar surface area (TPSA) is 61.4 Å². The number of hydrogen-bond donors (Lipinski definition) is 2. The third-order valence-electron chi connectivity index (χ3n) is 3.93. The van der Waals surface area contributed by atoms with Crippen LogP contribution in [-0.2, 0) is 10.2 Å². The maximum absolute atomic E-state index is 12.2. The Balaban J connectivity index is 2.36. The van der Waals surface area contributed by atoms with E-state index in [4.69, 9.17) is 0 Å². The van der Waals surface area contributed by atoms with Crippen molar-refractivity contribution in [2.75, 3.05) is 26.7 Å². The first kappa shape index (κ1) is 16.9. The molecule has 2 N–H and O–H groups in total. The van der Waals surface area contributed by atoms with Crippen LogP contribution in [0.5, 0.6) is 0 Å².